The van der Waals surface area contributed by atoms with Crippen molar-refractivity contribution in [2.75, 3.05) is 34.3 Å². The van der Waals surface area contributed by atoms with Crippen molar-refractivity contribution in [3.8, 4) is 6.07 Å². The molecule has 0 bridgehead atoms. The Kier molecular flexibility index (Phi) is 5.84. The zero-order chi connectivity index (χ0) is 21.3. The standard InChI is InChI=1S/C22H28N6O2/c1-26(2)13-19-14-28(25-24-19)20-8-17-11-27(12-18(17)9-21(20)30-3)22(29)16-6-4-5-15(7-16)10-23/h4-7,14,17-18,20-21H,8-9,11-13H2,1-3H3/t17-,18+,20-,21-/m1/s1. The van der Waals surface area contributed by atoms with E-state index >= 15 is 0 Å². The van der Waals surface area contributed by atoms with Crippen LogP contribution in [0.15, 0.2) is 30.5 Å². The Morgan fingerprint density at radius 1 is 1.30 bits per heavy atom. The first-order valence-electron chi connectivity index (χ1n) is 10.4. The molecule has 2 aliphatic rings. The lowest BCUT2D eigenvalue weighted by atomic mass is 9.77. The van der Waals surface area contributed by atoms with E-state index in [1.165, 1.54) is 0 Å². The van der Waals surface area contributed by atoms with Gasteiger partial charge in [-0.05, 0) is 57.0 Å². The third-order valence-corrected chi connectivity index (χ3v) is 6.29. The molecule has 158 valence electrons. The summed E-state index contributed by atoms with van der Waals surface area (Å²) in [6, 6.07) is 9.17. The molecule has 8 nitrogen and oxygen atoms in total. The molecular formula is C22H28N6O2. The molecule has 1 aromatic carbocycles. The fourth-order valence-electron chi connectivity index (χ4n) is 4.86. The van der Waals surface area contributed by atoms with Gasteiger partial charge in [-0.15, -0.1) is 5.10 Å². The van der Waals surface area contributed by atoms with Crippen LogP contribution in [-0.4, -0.2) is 71.1 Å². The van der Waals surface area contributed by atoms with Crippen molar-refractivity contribution in [2.24, 2.45) is 11.8 Å². The number of hydrogen-bond donors (Lipinski definition) is 0. The van der Waals surface area contributed by atoms with E-state index in [9.17, 15) is 4.79 Å². The third kappa shape index (κ3) is 4.09. The van der Waals surface area contributed by atoms with Gasteiger partial charge in [-0.2, -0.15) is 5.26 Å². The van der Waals surface area contributed by atoms with Crippen LogP contribution >= 0.6 is 0 Å². The number of amides is 1. The Morgan fingerprint density at radius 3 is 2.77 bits per heavy atom. The zero-order valence-corrected chi connectivity index (χ0v) is 17.7. The van der Waals surface area contributed by atoms with Gasteiger partial charge in [-0.1, -0.05) is 11.3 Å². The summed E-state index contributed by atoms with van der Waals surface area (Å²) in [6.07, 6.45) is 3.88. The highest BCUT2D eigenvalue weighted by Gasteiger charge is 2.44. The van der Waals surface area contributed by atoms with Crippen LogP contribution in [0.25, 0.3) is 0 Å². The van der Waals surface area contributed by atoms with Crippen molar-refractivity contribution in [3.63, 3.8) is 0 Å². The van der Waals surface area contributed by atoms with Crippen LogP contribution in [0.1, 0.15) is 40.5 Å². The maximum atomic E-state index is 13.0. The van der Waals surface area contributed by atoms with E-state index in [1.54, 1.807) is 31.4 Å². The molecule has 1 aliphatic carbocycles. The first-order valence-corrected chi connectivity index (χ1v) is 10.4. The van der Waals surface area contributed by atoms with Crippen molar-refractivity contribution in [2.45, 2.75) is 31.5 Å². The highest BCUT2D eigenvalue weighted by Crippen LogP contribution is 2.42. The number of carbonyl (C=O) groups excluding carboxylic acids is 1. The second-order valence-electron chi connectivity index (χ2n) is 8.66. The minimum Gasteiger partial charge on any atom is -0.379 e. The molecule has 0 radical (unpaired) electrons. The molecule has 0 N–H and O–H groups in total. The minimum absolute atomic E-state index is 0.000965. The van der Waals surface area contributed by atoms with Crippen LogP contribution in [0.4, 0.5) is 0 Å². The second kappa shape index (κ2) is 8.54. The summed E-state index contributed by atoms with van der Waals surface area (Å²) in [6.45, 7) is 2.21. The van der Waals surface area contributed by atoms with E-state index in [0.717, 1.165) is 38.2 Å². The Hall–Kier alpha value is -2.76. The Balaban J connectivity index is 1.48. The number of methoxy groups -OCH3 is 1. The van der Waals surface area contributed by atoms with Crippen LogP contribution in [0.3, 0.4) is 0 Å². The molecule has 2 aromatic rings. The smallest absolute Gasteiger partial charge is 0.253 e. The largest absolute Gasteiger partial charge is 0.379 e. The lowest BCUT2D eigenvalue weighted by molar-refractivity contribution is -0.00547. The number of nitriles is 1. The Morgan fingerprint density at radius 2 is 2.07 bits per heavy atom. The van der Waals surface area contributed by atoms with Gasteiger partial charge >= 0.3 is 0 Å². The molecule has 4 atom stereocenters. The molecule has 1 amide bonds. The Bertz CT molecular complexity index is 949. The minimum atomic E-state index is 0.000965. The predicted octanol–water partition coefficient (Wildman–Crippen LogP) is 1.95. The van der Waals surface area contributed by atoms with E-state index in [1.807, 2.05) is 29.9 Å². The fraction of sp³-hybridized carbons (Fsp3) is 0.545. The summed E-state index contributed by atoms with van der Waals surface area (Å²) in [4.78, 5) is 17.0. The van der Waals surface area contributed by atoms with Gasteiger partial charge in [0.15, 0.2) is 0 Å². The highest BCUT2D eigenvalue weighted by atomic mass is 16.5. The van der Waals surface area contributed by atoms with Crippen LogP contribution in [0, 0.1) is 23.2 Å². The van der Waals surface area contributed by atoms with Gasteiger partial charge < -0.3 is 14.5 Å². The van der Waals surface area contributed by atoms with Crippen LogP contribution in [0.2, 0.25) is 0 Å². The molecule has 2 fully saturated rings. The summed E-state index contributed by atoms with van der Waals surface area (Å²) < 4.78 is 7.78. The molecule has 1 saturated carbocycles. The lowest BCUT2D eigenvalue weighted by Crippen LogP contribution is -2.37. The molecule has 1 aromatic heterocycles. The summed E-state index contributed by atoms with van der Waals surface area (Å²) in [5.41, 5.74) is 2.03. The molecule has 1 saturated heterocycles. The van der Waals surface area contributed by atoms with Crippen molar-refractivity contribution in [3.05, 3.63) is 47.3 Å². The van der Waals surface area contributed by atoms with Crippen LogP contribution in [-0.2, 0) is 11.3 Å². The van der Waals surface area contributed by atoms with E-state index in [0.29, 0.717) is 23.0 Å². The summed E-state index contributed by atoms with van der Waals surface area (Å²) >= 11 is 0. The maximum absolute atomic E-state index is 13.0. The molecule has 30 heavy (non-hydrogen) atoms. The van der Waals surface area contributed by atoms with Gasteiger partial charge in [0, 0.05) is 32.3 Å². The molecule has 1 aliphatic heterocycles. The topological polar surface area (TPSA) is 87.3 Å². The predicted molar refractivity (Wildman–Crippen MR) is 111 cm³/mol. The number of aromatic nitrogens is 3. The third-order valence-electron chi connectivity index (χ3n) is 6.29. The number of benzene rings is 1. The number of ether oxygens (including phenoxy) is 1. The van der Waals surface area contributed by atoms with Crippen molar-refractivity contribution >= 4 is 5.91 Å². The second-order valence-corrected chi connectivity index (χ2v) is 8.66. The van der Waals surface area contributed by atoms with Crippen molar-refractivity contribution in [1.29, 1.82) is 5.26 Å². The molecule has 8 heteroatoms. The normalized spacial score (nSPS) is 25.9. The summed E-state index contributed by atoms with van der Waals surface area (Å²) in [7, 11) is 5.78. The van der Waals surface area contributed by atoms with E-state index < -0.39 is 0 Å². The number of carbonyl (C=O) groups is 1. The number of fused-ring (bicyclic) bond motifs is 1. The number of nitrogens with zero attached hydrogens (tertiary/aromatic N) is 6. The van der Waals surface area contributed by atoms with Crippen molar-refractivity contribution < 1.29 is 9.53 Å². The quantitative estimate of drug-likeness (QED) is 0.752. The monoisotopic (exact) mass is 408 g/mol. The van der Waals surface area contributed by atoms with Crippen molar-refractivity contribution in [1.82, 2.24) is 24.8 Å². The molecule has 4 rings (SSSR count). The van der Waals surface area contributed by atoms with Gasteiger partial charge in [0.25, 0.3) is 5.91 Å². The summed E-state index contributed by atoms with van der Waals surface area (Å²) in [5, 5.41) is 17.8. The number of rotatable bonds is 5. The first kappa shape index (κ1) is 20.5. The van der Waals surface area contributed by atoms with Gasteiger partial charge in [-0.3, -0.25) is 4.79 Å². The summed E-state index contributed by atoms with van der Waals surface area (Å²) in [5.74, 6) is 0.825. The van der Waals surface area contributed by atoms with Gasteiger partial charge in [0.2, 0.25) is 0 Å². The zero-order valence-electron chi connectivity index (χ0n) is 17.7. The number of hydrogen-bond acceptors (Lipinski definition) is 6. The first-order chi connectivity index (χ1) is 14.5. The molecule has 0 spiro atoms. The van der Waals surface area contributed by atoms with E-state index in [-0.39, 0.29) is 18.1 Å². The van der Waals surface area contributed by atoms with E-state index in [4.69, 9.17) is 10.00 Å². The average molecular weight is 409 g/mol. The van der Waals surface area contributed by atoms with Gasteiger partial charge in [-0.25, -0.2) is 4.68 Å². The highest BCUT2D eigenvalue weighted by molar-refractivity contribution is 5.94. The van der Waals surface area contributed by atoms with E-state index in [2.05, 4.69) is 21.3 Å². The molecule has 2 heterocycles. The lowest BCUT2D eigenvalue weighted by Gasteiger charge is -2.36. The SMILES string of the molecule is CO[C@@H]1C[C@H]2CN(C(=O)c3cccc(C#N)c3)C[C@H]2C[C@H]1n1cc(CN(C)C)nn1. The average Bonchev–Trinajstić information content (AvgIpc) is 3.38. The maximum Gasteiger partial charge on any atom is 0.253 e. The van der Waals surface area contributed by atoms with Crippen LogP contribution in [0.5, 0.6) is 0 Å². The van der Waals surface area contributed by atoms with Gasteiger partial charge in [0.1, 0.15) is 0 Å². The molecular weight excluding hydrogens is 380 g/mol. The fourth-order valence-corrected chi connectivity index (χ4v) is 4.86. The Labute approximate surface area is 177 Å². The number of likely N-dealkylation sites (tertiary alicyclic amines) is 1. The van der Waals surface area contributed by atoms with Gasteiger partial charge in [0.05, 0.1) is 35.7 Å². The van der Waals surface area contributed by atoms with Crippen LogP contribution < -0.4 is 0 Å². The molecule has 0 unspecified atom stereocenters.